The van der Waals surface area contributed by atoms with Crippen molar-refractivity contribution in [3.63, 3.8) is 0 Å². The lowest BCUT2D eigenvalue weighted by Gasteiger charge is -2.08. The Morgan fingerprint density at radius 1 is 1.17 bits per heavy atom. The zero-order valence-electron chi connectivity index (χ0n) is 14.9. The van der Waals surface area contributed by atoms with E-state index in [1.807, 2.05) is 24.3 Å². The lowest BCUT2D eigenvalue weighted by atomic mass is 10.2. The number of nitrogens with one attached hydrogen (secondary N) is 3. The van der Waals surface area contributed by atoms with Gasteiger partial charge in [0.1, 0.15) is 30.1 Å². The van der Waals surface area contributed by atoms with E-state index in [1.54, 1.807) is 29.2 Å². The van der Waals surface area contributed by atoms with E-state index in [2.05, 4.69) is 37.0 Å². The zero-order valence-corrected chi connectivity index (χ0v) is 16.4. The van der Waals surface area contributed by atoms with Gasteiger partial charge in [0.05, 0.1) is 5.69 Å². The molecular weight excluding hydrogens is 411 g/mol. The lowest BCUT2D eigenvalue weighted by Crippen LogP contribution is -2.03. The molecule has 0 radical (unpaired) electrons. The Hall–Kier alpha value is -3.54. The van der Waals surface area contributed by atoms with Crippen LogP contribution in [-0.2, 0) is 6.54 Å². The van der Waals surface area contributed by atoms with Crippen molar-refractivity contribution in [3.05, 3.63) is 76.3 Å². The number of nitrogens with zero attached hydrogens (tertiary/aromatic N) is 5. The SMILES string of the molecule is N#Cc1c(NCc2ccc(-n3cncn3)cc2Cl)n[nH]c1Nc1cccc(Cl)c1. The third-order valence-corrected chi connectivity index (χ3v) is 4.73. The summed E-state index contributed by atoms with van der Waals surface area (Å²) in [5.74, 6) is 0.901. The van der Waals surface area contributed by atoms with Crippen LogP contribution in [0.4, 0.5) is 17.3 Å². The summed E-state index contributed by atoms with van der Waals surface area (Å²) in [6.07, 6.45) is 3.06. The molecule has 2 aromatic heterocycles. The second kappa shape index (κ2) is 8.22. The highest BCUT2D eigenvalue weighted by Gasteiger charge is 2.14. The molecule has 0 aliphatic carbocycles. The van der Waals surface area contributed by atoms with E-state index >= 15 is 0 Å². The van der Waals surface area contributed by atoms with Crippen LogP contribution in [0.25, 0.3) is 5.69 Å². The normalized spacial score (nSPS) is 10.5. The van der Waals surface area contributed by atoms with Crippen molar-refractivity contribution in [2.24, 2.45) is 0 Å². The topological polar surface area (TPSA) is 107 Å². The van der Waals surface area contributed by atoms with E-state index in [1.165, 1.54) is 6.33 Å². The van der Waals surface area contributed by atoms with Gasteiger partial charge in [-0.3, -0.25) is 5.10 Å². The van der Waals surface area contributed by atoms with Gasteiger partial charge in [0, 0.05) is 22.3 Å². The molecule has 4 rings (SSSR count). The summed E-state index contributed by atoms with van der Waals surface area (Å²) in [6, 6.07) is 14.9. The Morgan fingerprint density at radius 3 is 2.79 bits per heavy atom. The number of hydrogen-bond acceptors (Lipinski definition) is 6. The minimum Gasteiger partial charge on any atom is -0.363 e. The molecule has 0 fully saturated rings. The summed E-state index contributed by atoms with van der Waals surface area (Å²) in [4.78, 5) is 3.92. The minimum absolute atomic E-state index is 0.361. The van der Waals surface area contributed by atoms with Crippen LogP contribution < -0.4 is 10.6 Å². The first-order valence-corrected chi connectivity index (χ1v) is 9.28. The van der Waals surface area contributed by atoms with Gasteiger partial charge in [0.15, 0.2) is 5.82 Å². The molecule has 0 spiro atoms. The van der Waals surface area contributed by atoms with Gasteiger partial charge in [-0.05, 0) is 35.9 Å². The maximum Gasteiger partial charge on any atom is 0.168 e. The fraction of sp³-hybridized carbons (Fsp3) is 0.0526. The van der Waals surface area contributed by atoms with Gasteiger partial charge in [0.25, 0.3) is 0 Å². The summed E-state index contributed by atoms with van der Waals surface area (Å²) in [6.45, 7) is 0.395. The molecule has 8 nitrogen and oxygen atoms in total. The van der Waals surface area contributed by atoms with Crippen LogP contribution in [0.3, 0.4) is 0 Å². The molecule has 0 saturated heterocycles. The van der Waals surface area contributed by atoms with E-state index < -0.39 is 0 Å². The number of aromatic amines is 1. The highest BCUT2D eigenvalue weighted by molar-refractivity contribution is 6.31. The Labute approximate surface area is 176 Å². The monoisotopic (exact) mass is 424 g/mol. The van der Waals surface area contributed by atoms with E-state index in [0.29, 0.717) is 33.8 Å². The number of benzene rings is 2. The van der Waals surface area contributed by atoms with Crippen LogP contribution in [0.5, 0.6) is 0 Å². The van der Waals surface area contributed by atoms with Crippen molar-refractivity contribution >= 4 is 40.5 Å². The van der Waals surface area contributed by atoms with E-state index in [9.17, 15) is 5.26 Å². The van der Waals surface area contributed by atoms with Gasteiger partial charge in [-0.25, -0.2) is 9.67 Å². The van der Waals surface area contributed by atoms with Gasteiger partial charge in [0.2, 0.25) is 0 Å². The molecule has 10 heteroatoms. The van der Waals surface area contributed by atoms with Crippen LogP contribution in [0, 0.1) is 11.3 Å². The fourth-order valence-corrected chi connectivity index (χ4v) is 3.15. The summed E-state index contributed by atoms with van der Waals surface area (Å²) in [5.41, 5.74) is 2.77. The Balaban J connectivity index is 1.49. The second-order valence-corrected chi connectivity index (χ2v) is 6.88. The molecule has 2 heterocycles. The van der Waals surface area contributed by atoms with Crippen LogP contribution >= 0.6 is 23.2 Å². The molecular formula is C19H14Cl2N8. The number of nitriles is 1. The molecule has 0 atom stereocenters. The molecule has 0 aliphatic rings. The number of anilines is 3. The van der Waals surface area contributed by atoms with Crippen molar-refractivity contribution in [1.29, 1.82) is 5.26 Å². The fourth-order valence-electron chi connectivity index (χ4n) is 2.72. The first kappa shape index (κ1) is 18.8. The molecule has 29 heavy (non-hydrogen) atoms. The quantitative estimate of drug-likeness (QED) is 0.419. The minimum atomic E-state index is 0.361. The van der Waals surface area contributed by atoms with Gasteiger partial charge >= 0.3 is 0 Å². The highest BCUT2D eigenvalue weighted by atomic mass is 35.5. The van der Waals surface area contributed by atoms with Crippen molar-refractivity contribution in [1.82, 2.24) is 25.0 Å². The molecule has 0 saturated carbocycles. The summed E-state index contributed by atoms with van der Waals surface area (Å²) in [5, 5.41) is 28.1. The molecule has 0 bridgehead atoms. The van der Waals surface area contributed by atoms with Gasteiger partial charge in [-0.15, -0.1) is 0 Å². The standard InChI is InChI=1S/C19H14Cl2N8/c20-13-2-1-3-14(6-13)26-19-16(8-22)18(27-28-19)24-9-12-4-5-15(7-17(12)21)29-11-23-10-25-29/h1-7,10-11H,9H2,(H3,24,26,27,28). The first-order valence-electron chi connectivity index (χ1n) is 8.52. The number of halogens is 2. The van der Waals surface area contributed by atoms with Gasteiger partial charge < -0.3 is 10.6 Å². The van der Waals surface area contributed by atoms with Crippen molar-refractivity contribution in [2.45, 2.75) is 6.54 Å². The van der Waals surface area contributed by atoms with E-state index in [4.69, 9.17) is 23.2 Å². The number of H-pyrrole nitrogens is 1. The molecule has 144 valence electrons. The average Bonchev–Trinajstić information content (AvgIpc) is 3.37. The van der Waals surface area contributed by atoms with E-state index in [0.717, 1.165) is 16.9 Å². The van der Waals surface area contributed by atoms with Crippen LogP contribution in [-0.4, -0.2) is 25.0 Å². The Bertz CT molecular complexity index is 1180. The molecule has 0 unspecified atom stereocenters. The van der Waals surface area contributed by atoms with Crippen LogP contribution in [0.2, 0.25) is 10.0 Å². The largest absolute Gasteiger partial charge is 0.363 e. The number of hydrogen-bond donors (Lipinski definition) is 3. The van der Waals surface area contributed by atoms with Gasteiger partial charge in [-0.2, -0.15) is 15.5 Å². The molecule has 2 aromatic carbocycles. The van der Waals surface area contributed by atoms with E-state index in [-0.39, 0.29) is 0 Å². The van der Waals surface area contributed by atoms with Crippen LogP contribution in [0.1, 0.15) is 11.1 Å². The van der Waals surface area contributed by atoms with Crippen molar-refractivity contribution in [3.8, 4) is 11.8 Å². The smallest absolute Gasteiger partial charge is 0.168 e. The molecule has 0 aliphatic heterocycles. The third-order valence-electron chi connectivity index (χ3n) is 4.14. The van der Waals surface area contributed by atoms with Crippen LogP contribution in [0.15, 0.2) is 55.1 Å². The van der Waals surface area contributed by atoms with Crippen molar-refractivity contribution < 1.29 is 0 Å². The summed E-state index contributed by atoms with van der Waals surface area (Å²) in [7, 11) is 0. The summed E-state index contributed by atoms with van der Waals surface area (Å²) >= 11 is 12.4. The van der Waals surface area contributed by atoms with Crippen molar-refractivity contribution in [2.75, 3.05) is 10.6 Å². The highest BCUT2D eigenvalue weighted by Crippen LogP contribution is 2.26. The zero-order chi connectivity index (χ0) is 20.2. The second-order valence-electron chi connectivity index (χ2n) is 6.04. The molecule has 4 aromatic rings. The molecule has 0 amide bonds. The Kier molecular flexibility index (Phi) is 5.33. The first-order chi connectivity index (χ1) is 14.1. The lowest BCUT2D eigenvalue weighted by molar-refractivity contribution is 0.877. The third kappa shape index (κ3) is 4.16. The predicted molar refractivity (Wildman–Crippen MR) is 112 cm³/mol. The van der Waals surface area contributed by atoms with Gasteiger partial charge in [-0.1, -0.05) is 35.3 Å². The maximum absolute atomic E-state index is 9.56. The summed E-state index contributed by atoms with van der Waals surface area (Å²) < 4.78 is 1.62. The molecule has 3 N–H and O–H groups in total. The maximum atomic E-state index is 9.56. The number of aromatic nitrogens is 5. The predicted octanol–water partition coefficient (Wildman–Crippen LogP) is 4.52. The Morgan fingerprint density at radius 2 is 2.07 bits per heavy atom. The average molecular weight is 425 g/mol. The number of rotatable bonds is 6.